The van der Waals surface area contributed by atoms with E-state index in [1.165, 1.54) is 11.1 Å². The number of nitrogens with zero attached hydrogens (tertiary/aromatic N) is 3. The summed E-state index contributed by atoms with van der Waals surface area (Å²) in [5, 5.41) is 0. The lowest BCUT2D eigenvalue weighted by atomic mass is 10.1. The van der Waals surface area contributed by atoms with Crippen LogP contribution in [0.4, 0.5) is 5.82 Å². The van der Waals surface area contributed by atoms with E-state index in [2.05, 4.69) is 53.2 Å². The molecule has 0 amide bonds. The molecule has 3 aromatic rings. The Kier molecular flexibility index (Phi) is 4.93. The second kappa shape index (κ2) is 7.67. The van der Waals surface area contributed by atoms with E-state index in [4.69, 9.17) is 9.72 Å². The zero-order chi connectivity index (χ0) is 17.8. The van der Waals surface area contributed by atoms with Crippen molar-refractivity contribution in [2.75, 3.05) is 18.0 Å². The van der Waals surface area contributed by atoms with Crippen LogP contribution in [0.25, 0.3) is 0 Å². The van der Waals surface area contributed by atoms with Crippen LogP contribution >= 0.6 is 0 Å². The quantitative estimate of drug-likeness (QED) is 0.715. The highest BCUT2D eigenvalue weighted by Crippen LogP contribution is 2.27. The van der Waals surface area contributed by atoms with Gasteiger partial charge in [0.15, 0.2) is 0 Å². The van der Waals surface area contributed by atoms with Gasteiger partial charge >= 0.3 is 0 Å². The molecule has 0 spiro atoms. The molecule has 1 aromatic heterocycles. The molecule has 1 aliphatic heterocycles. The van der Waals surface area contributed by atoms with Gasteiger partial charge in [0.25, 0.3) is 0 Å². The van der Waals surface area contributed by atoms with Gasteiger partial charge in [-0.1, -0.05) is 60.7 Å². The van der Waals surface area contributed by atoms with Gasteiger partial charge in [-0.3, -0.25) is 0 Å². The summed E-state index contributed by atoms with van der Waals surface area (Å²) in [6.45, 7) is 3.76. The van der Waals surface area contributed by atoms with Gasteiger partial charge in [0.2, 0.25) is 0 Å². The molecule has 0 aliphatic carbocycles. The predicted octanol–water partition coefficient (Wildman–Crippen LogP) is 4.03. The van der Waals surface area contributed by atoms with Crippen molar-refractivity contribution in [2.24, 2.45) is 0 Å². The van der Waals surface area contributed by atoms with Gasteiger partial charge in [-0.15, -0.1) is 0 Å². The van der Waals surface area contributed by atoms with Gasteiger partial charge in [-0.05, 0) is 24.1 Å². The Bertz CT molecular complexity index is 838. The first-order valence-electron chi connectivity index (χ1n) is 9.09. The number of ether oxygens (including phenoxy) is 1. The molecule has 2 unspecified atom stereocenters. The SMILES string of the molecule is CC1CN(c2ccnc(Cc3ccccc3)n2)CC(c2ccccc2)O1. The Morgan fingerprint density at radius 3 is 2.46 bits per heavy atom. The van der Waals surface area contributed by atoms with E-state index >= 15 is 0 Å². The minimum Gasteiger partial charge on any atom is -0.367 e. The number of hydrogen-bond acceptors (Lipinski definition) is 4. The van der Waals surface area contributed by atoms with E-state index in [9.17, 15) is 0 Å². The first kappa shape index (κ1) is 16.7. The van der Waals surface area contributed by atoms with Crippen LogP contribution in [0.2, 0.25) is 0 Å². The minimum atomic E-state index is 0.0625. The first-order valence-corrected chi connectivity index (χ1v) is 9.09. The third-order valence-electron chi connectivity index (χ3n) is 4.65. The highest BCUT2D eigenvalue weighted by atomic mass is 16.5. The van der Waals surface area contributed by atoms with Crippen LogP contribution in [-0.4, -0.2) is 29.2 Å². The number of aromatic nitrogens is 2. The maximum atomic E-state index is 6.16. The smallest absolute Gasteiger partial charge is 0.135 e. The zero-order valence-corrected chi connectivity index (χ0v) is 15.0. The molecule has 2 aromatic carbocycles. The normalized spacial score (nSPS) is 20.1. The predicted molar refractivity (Wildman–Crippen MR) is 103 cm³/mol. The Hall–Kier alpha value is -2.72. The summed E-state index contributed by atoms with van der Waals surface area (Å²) < 4.78 is 6.16. The third kappa shape index (κ3) is 3.92. The van der Waals surface area contributed by atoms with Gasteiger partial charge in [0.1, 0.15) is 17.7 Å². The molecular formula is C22H23N3O. The second-order valence-electron chi connectivity index (χ2n) is 6.74. The first-order chi connectivity index (χ1) is 12.8. The number of hydrogen-bond donors (Lipinski definition) is 0. The summed E-state index contributed by atoms with van der Waals surface area (Å²) in [6, 6.07) is 22.7. The topological polar surface area (TPSA) is 38.2 Å². The minimum absolute atomic E-state index is 0.0625. The van der Waals surface area contributed by atoms with E-state index in [1.807, 2.05) is 36.5 Å². The Labute approximate surface area is 154 Å². The van der Waals surface area contributed by atoms with Crippen molar-refractivity contribution >= 4 is 5.82 Å². The molecule has 0 saturated carbocycles. The third-order valence-corrected chi connectivity index (χ3v) is 4.65. The van der Waals surface area contributed by atoms with Crippen molar-refractivity contribution in [1.29, 1.82) is 0 Å². The van der Waals surface area contributed by atoms with Gasteiger partial charge in [0.05, 0.1) is 6.10 Å². The van der Waals surface area contributed by atoms with Crippen molar-refractivity contribution in [2.45, 2.75) is 25.6 Å². The van der Waals surface area contributed by atoms with Gasteiger partial charge in [-0.25, -0.2) is 9.97 Å². The fourth-order valence-corrected chi connectivity index (χ4v) is 3.42. The maximum Gasteiger partial charge on any atom is 0.135 e. The number of morpholine rings is 1. The van der Waals surface area contributed by atoms with Crippen LogP contribution in [0.3, 0.4) is 0 Å². The van der Waals surface area contributed by atoms with E-state index < -0.39 is 0 Å². The molecule has 1 saturated heterocycles. The lowest BCUT2D eigenvalue weighted by molar-refractivity contribution is -0.0176. The number of anilines is 1. The second-order valence-corrected chi connectivity index (χ2v) is 6.74. The fourth-order valence-electron chi connectivity index (χ4n) is 3.42. The van der Waals surface area contributed by atoms with Crippen LogP contribution in [0.1, 0.15) is 30.0 Å². The van der Waals surface area contributed by atoms with Crippen molar-refractivity contribution < 1.29 is 4.74 Å². The Morgan fingerprint density at radius 2 is 1.69 bits per heavy atom. The van der Waals surface area contributed by atoms with Crippen LogP contribution in [0, 0.1) is 0 Å². The van der Waals surface area contributed by atoms with Crippen molar-refractivity contribution in [3.05, 3.63) is 89.9 Å². The molecule has 0 N–H and O–H groups in total. The molecular weight excluding hydrogens is 322 g/mol. The summed E-state index contributed by atoms with van der Waals surface area (Å²) in [5.41, 5.74) is 2.43. The molecule has 132 valence electrons. The van der Waals surface area contributed by atoms with Crippen LogP contribution < -0.4 is 4.90 Å². The van der Waals surface area contributed by atoms with E-state index in [-0.39, 0.29) is 12.2 Å². The van der Waals surface area contributed by atoms with Crippen molar-refractivity contribution in [3.63, 3.8) is 0 Å². The molecule has 4 heteroatoms. The van der Waals surface area contributed by atoms with Gasteiger partial charge in [-0.2, -0.15) is 0 Å². The Morgan fingerprint density at radius 1 is 0.962 bits per heavy atom. The molecule has 2 heterocycles. The summed E-state index contributed by atoms with van der Waals surface area (Å²) in [6.07, 6.45) is 2.82. The summed E-state index contributed by atoms with van der Waals surface area (Å²) in [5.74, 6) is 1.83. The largest absolute Gasteiger partial charge is 0.367 e. The maximum absolute atomic E-state index is 6.16. The lowest BCUT2D eigenvalue weighted by Crippen LogP contribution is -2.43. The standard InChI is InChI=1S/C22H23N3O/c1-17-15-25(16-20(26-17)19-10-6-3-7-11-19)22-12-13-23-21(24-22)14-18-8-4-2-5-9-18/h2-13,17,20H,14-16H2,1H3. The van der Waals surface area contributed by atoms with Crippen LogP contribution in [0.5, 0.6) is 0 Å². The number of benzene rings is 2. The monoisotopic (exact) mass is 345 g/mol. The Balaban J connectivity index is 1.53. The summed E-state index contributed by atoms with van der Waals surface area (Å²) in [7, 11) is 0. The van der Waals surface area contributed by atoms with Crippen molar-refractivity contribution in [3.8, 4) is 0 Å². The van der Waals surface area contributed by atoms with Gasteiger partial charge in [0, 0.05) is 25.7 Å². The van der Waals surface area contributed by atoms with Crippen molar-refractivity contribution in [1.82, 2.24) is 9.97 Å². The molecule has 4 nitrogen and oxygen atoms in total. The van der Waals surface area contributed by atoms with E-state index in [1.54, 1.807) is 0 Å². The van der Waals surface area contributed by atoms with Crippen LogP contribution in [-0.2, 0) is 11.2 Å². The average Bonchev–Trinajstić information content (AvgIpc) is 2.69. The molecule has 1 fully saturated rings. The molecule has 0 bridgehead atoms. The molecule has 1 aliphatic rings. The van der Waals surface area contributed by atoms with E-state index in [0.717, 1.165) is 31.2 Å². The summed E-state index contributed by atoms with van der Waals surface area (Å²) >= 11 is 0. The molecule has 0 radical (unpaired) electrons. The molecule has 26 heavy (non-hydrogen) atoms. The zero-order valence-electron chi connectivity index (χ0n) is 15.0. The van der Waals surface area contributed by atoms with Gasteiger partial charge < -0.3 is 9.64 Å². The highest BCUT2D eigenvalue weighted by molar-refractivity contribution is 5.40. The highest BCUT2D eigenvalue weighted by Gasteiger charge is 2.27. The molecule has 2 atom stereocenters. The molecule has 4 rings (SSSR count). The van der Waals surface area contributed by atoms with E-state index in [0.29, 0.717) is 0 Å². The lowest BCUT2D eigenvalue weighted by Gasteiger charge is -2.37. The average molecular weight is 345 g/mol. The van der Waals surface area contributed by atoms with Crippen LogP contribution in [0.15, 0.2) is 72.9 Å². The fraction of sp³-hybridized carbons (Fsp3) is 0.273. The summed E-state index contributed by atoms with van der Waals surface area (Å²) in [4.78, 5) is 11.6. The number of rotatable bonds is 4.